The molecule has 1 heterocycles. The topological polar surface area (TPSA) is 93.5 Å². The number of amides is 1. The number of aromatic carboxylic acids is 1. The number of aromatic nitrogens is 2. The molecule has 0 bridgehead atoms. The maximum atomic E-state index is 13.4. The number of carboxylic acids is 1. The van der Waals surface area contributed by atoms with E-state index >= 15 is 0 Å². The first-order valence-electron chi connectivity index (χ1n) is 9.99. The van der Waals surface area contributed by atoms with Gasteiger partial charge in [0, 0.05) is 11.3 Å². The molecule has 0 saturated heterocycles. The summed E-state index contributed by atoms with van der Waals surface area (Å²) in [6, 6.07) is 8.75. The lowest BCUT2D eigenvalue weighted by atomic mass is 10.0. The number of benzene rings is 2. The monoisotopic (exact) mass is 479 g/mol. The van der Waals surface area contributed by atoms with E-state index in [4.69, 9.17) is 0 Å². The van der Waals surface area contributed by atoms with Crippen LogP contribution in [0.3, 0.4) is 0 Å². The van der Waals surface area contributed by atoms with Crippen LogP contribution in [0.1, 0.15) is 41.5 Å². The number of carbonyl (C=O) groups is 2. The van der Waals surface area contributed by atoms with Crippen molar-refractivity contribution in [1.82, 2.24) is 9.78 Å². The molecule has 180 valence electrons. The lowest BCUT2D eigenvalue weighted by molar-refractivity contribution is -0.153. The second kappa shape index (κ2) is 9.16. The molecule has 1 amide bonds. The van der Waals surface area contributed by atoms with Crippen LogP contribution in [0.5, 0.6) is 5.75 Å². The summed E-state index contributed by atoms with van der Waals surface area (Å²) < 4.78 is 56.9. The molecular formula is C23H21F4N3O4. The zero-order valence-corrected chi connectivity index (χ0v) is 18.4. The molecule has 3 aromatic rings. The van der Waals surface area contributed by atoms with E-state index in [-0.39, 0.29) is 11.3 Å². The molecule has 0 aliphatic heterocycles. The average molecular weight is 479 g/mol. The predicted octanol–water partition coefficient (Wildman–Crippen LogP) is 5.34. The summed E-state index contributed by atoms with van der Waals surface area (Å²) in [7, 11) is 0. The second-order valence-electron chi connectivity index (χ2n) is 8.37. The Kier molecular flexibility index (Phi) is 6.67. The van der Waals surface area contributed by atoms with E-state index in [9.17, 15) is 32.3 Å². The standard InChI is InChI=1S/C23H21F4N3O4/c1-22(2,3)30-19(13-4-6-14(24)7-5-13)17(11-28-30)20(31)29-15-8-9-18(16(10-15)21(32)33)34-12-23(25,26)27/h4-11H,12H2,1-3H3,(H,29,31)(H,32,33). The summed E-state index contributed by atoms with van der Waals surface area (Å²) in [4.78, 5) is 24.6. The highest BCUT2D eigenvalue weighted by Crippen LogP contribution is 2.31. The Morgan fingerprint density at radius 3 is 2.26 bits per heavy atom. The van der Waals surface area contributed by atoms with E-state index in [0.29, 0.717) is 11.3 Å². The van der Waals surface area contributed by atoms with Crippen molar-refractivity contribution < 1.29 is 37.0 Å². The molecular weight excluding hydrogens is 458 g/mol. The molecule has 0 spiro atoms. The van der Waals surface area contributed by atoms with Crippen molar-refractivity contribution in [1.29, 1.82) is 0 Å². The second-order valence-corrected chi connectivity index (χ2v) is 8.37. The molecule has 0 unspecified atom stereocenters. The van der Waals surface area contributed by atoms with Gasteiger partial charge in [0.1, 0.15) is 17.1 Å². The van der Waals surface area contributed by atoms with E-state index in [1.807, 2.05) is 20.8 Å². The average Bonchev–Trinajstić information content (AvgIpc) is 3.18. The normalized spacial score (nSPS) is 11.9. The Hall–Kier alpha value is -3.89. The van der Waals surface area contributed by atoms with E-state index in [1.165, 1.54) is 36.5 Å². The summed E-state index contributed by atoms with van der Waals surface area (Å²) in [5, 5.41) is 16.2. The molecule has 0 aliphatic rings. The van der Waals surface area contributed by atoms with Gasteiger partial charge >= 0.3 is 12.1 Å². The highest BCUT2D eigenvalue weighted by atomic mass is 19.4. The van der Waals surface area contributed by atoms with Gasteiger partial charge in [0.25, 0.3) is 5.91 Å². The molecule has 0 saturated carbocycles. The number of carboxylic acid groups (broad SMARTS) is 1. The van der Waals surface area contributed by atoms with Crippen molar-refractivity contribution >= 4 is 17.6 Å². The van der Waals surface area contributed by atoms with Crippen LogP contribution < -0.4 is 10.1 Å². The molecule has 3 rings (SSSR count). The summed E-state index contributed by atoms with van der Waals surface area (Å²) in [5.41, 5.74) is 0.0166. The van der Waals surface area contributed by atoms with E-state index < -0.39 is 47.3 Å². The lowest BCUT2D eigenvalue weighted by Crippen LogP contribution is -2.24. The molecule has 0 radical (unpaired) electrons. The first-order valence-corrected chi connectivity index (χ1v) is 9.99. The number of rotatable bonds is 6. The molecule has 0 atom stereocenters. The van der Waals surface area contributed by atoms with Crippen molar-refractivity contribution in [2.24, 2.45) is 0 Å². The number of anilines is 1. The van der Waals surface area contributed by atoms with Crippen LogP contribution in [0.4, 0.5) is 23.2 Å². The highest BCUT2D eigenvalue weighted by Gasteiger charge is 2.30. The number of halogens is 4. The molecule has 2 aromatic carbocycles. The van der Waals surface area contributed by atoms with Crippen LogP contribution in [0.15, 0.2) is 48.7 Å². The fraction of sp³-hybridized carbons (Fsp3) is 0.261. The highest BCUT2D eigenvalue weighted by molar-refractivity contribution is 6.08. The van der Waals surface area contributed by atoms with Gasteiger partial charge in [0.05, 0.1) is 23.0 Å². The minimum absolute atomic E-state index is 0.0234. The Balaban J connectivity index is 1.95. The van der Waals surface area contributed by atoms with Crippen molar-refractivity contribution in [2.75, 3.05) is 11.9 Å². The van der Waals surface area contributed by atoms with Crippen LogP contribution in [0, 0.1) is 5.82 Å². The van der Waals surface area contributed by atoms with E-state index in [0.717, 1.165) is 12.1 Å². The van der Waals surface area contributed by atoms with Crippen molar-refractivity contribution in [3.8, 4) is 17.0 Å². The van der Waals surface area contributed by atoms with E-state index in [2.05, 4.69) is 15.2 Å². The number of hydrogen-bond acceptors (Lipinski definition) is 4. The van der Waals surface area contributed by atoms with Gasteiger partial charge in [-0.1, -0.05) is 0 Å². The maximum Gasteiger partial charge on any atom is 0.422 e. The Bertz CT molecular complexity index is 1210. The molecule has 0 aliphatic carbocycles. The number of alkyl halides is 3. The van der Waals surface area contributed by atoms with Crippen molar-refractivity contribution in [3.63, 3.8) is 0 Å². The minimum Gasteiger partial charge on any atom is -0.483 e. The fourth-order valence-corrected chi connectivity index (χ4v) is 3.17. The summed E-state index contributed by atoms with van der Waals surface area (Å²) in [6.07, 6.45) is -3.31. The maximum absolute atomic E-state index is 13.4. The van der Waals surface area contributed by atoms with Crippen LogP contribution in [0.25, 0.3) is 11.3 Å². The van der Waals surface area contributed by atoms with Crippen molar-refractivity contribution in [2.45, 2.75) is 32.5 Å². The molecule has 11 heteroatoms. The summed E-state index contributed by atoms with van der Waals surface area (Å²) >= 11 is 0. The molecule has 0 fully saturated rings. The molecule has 2 N–H and O–H groups in total. The quantitative estimate of drug-likeness (QED) is 0.466. The zero-order chi connectivity index (χ0) is 25.3. The number of nitrogens with zero attached hydrogens (tertiary/aromatic N) is 2. The van der Waals surface area contributed by atoms with E-state index in [1.54, 1.807) is 4.68 Å². The van der Waals surface area contributed by atoms with Crippen LogP contribution in [-0.4, -0.2) is 39.5 Å². The first-order chi connectivity index (χ1) is 15.8. The first kappa shape index (κ1) is 24.7. The summed E-state index contributed by atoms with van der Waals surface area (Å²) in [6.45, 7) is 3.94. The smallest absolute Gasteiger partial charge is 0.422 e. The molecule has 7 nitrogen and oxygen atoms in total. The molecule has 34 heavy (non-hydrogen) atoms. The van der Waals surface area contributed by atoms with Gasteiger partial charge in [-0.05, 0) is 63.2 Å². The third-order valence-electron chi connectivity index (χ3n) is 4.63. The predicted molar refractivity (Wildman–Crippen MR) is 116 cm³/mol. The minimum atomic E-state index is -4.65. The summed E-state index contributed by atoms with van der Waals surface area (Å²) in [5.74, 6) is -3.11. The number of carbonyl (C=O) groups excluding carboxylic acids is 1. The van der Waals surface area contributed by atoms with Gasteiger partial charge in [-0.25, -0.2) is 9.18 Å². The van der Waals surface area contributed by atoms with Gasteiger partial charge in [-0.3, -0.25) is 9.48 Å². The van der Waals surface area contributed by atoms with Gasteiger partial charge in [0.2, 0.25) is 0 Å². The van der Waals surface area contributed by atoms with Gasteiger partial charge in [-0.2, -0.15) is 18.3 Å². The van der Waals surface area contributed by atoms with Gasteiger partial charge in [-0.15, -0.1) is 0 Å². The number of nitrogens with one attached hydrogen (secondary N) is 1. The van der Waals surface area contributed by atoms with Crippen LogP contribution >= 0.6 is 0 Å². The van der Waals surface area contributed by atoms with Crippen LogP contribution in [0.2, 0.25) is 0 Å². The van der Waals surface area contributed by atoms with Gasteiger partial charge in [0.15, 0.2) is 6.61 Å². The molecule has 1 aromatic heterocycles. The largest absolute Gasteiger partial charge is 0.483 e. The Labute approximate surface area is 192 Å². The SMILES string of the molecule is CC(C)(C)n1ncc(C(=O)Nc2ccc(OCC(F)(F)F)c(C(=O)O)c2)c1-c1ccc(F)cc1. The van der Waals surface area contributed by atoms with Crippen molar-refractivity contribution in [3.05, 3.63) is 65.6 Å². The third kappa shape index (κ3) is 5.72. The van der Waals surface area contributed by atoms with Gasteiger partial charge < -0.3 is 15.2 Å². The fourth-order valence-electron chi connectivity index (χ4n) is 3.17. The number of hydrogen-bond donors (Lipinski definition) is 2. The Morgan fingerprint density at radius 1 is 1.06 bits per heavy atom. The Morgan fingerprint density at radius 2 is 1.71 bits per heavy atom. The van der Waals surface area contributed by atoms with Crippen LogP contribution in [-0.2, 0) is 5.54 Å². The lowest BCUT2D eigenvalue weighted by Gasteiger charge is -2.23. The zero-order valence-electron chi connectivity index (χ0n) is 18.4. The third-order valence-corrected chi connectivity index (χ3v) is 4.63. The number of ether oxygens (including phenoxy) is 1.